The van der Waals surface area contributed by atoms with Crippen LogP contribution in [0, 0.1) is 0 Å². The molecule has 0 aromatic rings. The van der Waals surface area contributed by atoms with Gasteiger partial charge in [-0.1, -0.05) is 15.9 Å². The molecule has 0 spiro atoms. The number of hydrogen-bond acceptors (Lipinski definition) is 2. The van der Waals surface area contributed by atoms with E-state index in [9.17, 15) is 9.59 Å². The van der Waals surface area contributed by atoms with Crippen LogP contribution in [-0.2, 0) is 4.79 Å². The first kappa shape index (κ1) is 9.51. The van der Waals surface area contributed by atoms with Gasteiger partial charge in [-0.15, -0.1) is 0 Å². The minimum absolute atomic E-state index is 0.197. The summed E-state index contributed by atoms with van der Waals surface area (Å²) in [7, 11) is 0. The second kappa shape index (κ2) is 3.05. The Balaban J connectivity index is 2.71. The SMILES string of the molecule is CC(C)(Br)C(=O)N1CCNC1=O. The lowest BCUT2D eigenvalue weighted by atomic mass is 10.2. The van der Waals surface area contributed by atoms with Crippen LogP contribution in [0.1, 0.15) is 13.8 Å². The zero-order valence-corrected chi connectivity index (χ0v) is 8.64. The minimum atomic E-state index is -0.658. The molecule has 1 fully saturated rings. The summed E-state index contributed by atoms with van der Waals surface area (Å²) in [5, 5.41) is 2.57. The summed E-state index contributed by atoms with van der Waals surface area (Å²) >= 11 is 3.21. The molecule has 0 saturated carbocycles. The van der Waals surface area contributed by atoms with Crippen molar-refractivity contribution < 1.29 is 9.59 Å². The second-order valence-corrected chi connectivity index (χ2v) is 5.14. The molecule has 1 heterocycles. The predicted octanol–water partition coefficient (Wildman–Crippen LogP) is 0.712. The fourth-order valence-corrected chi connectivity index (χ4v) is 1.20. The Morgan fingerprint density at radius 3 is 2.58 bits per heavy atom. The van der Waals surface area contributed by atoms with Gasteiger partial charge in [0.2, 0.25) is 5.91 Å². The van der Waals surface area contributed by atoms with Crippen LogP contribution in [0.5, 0.6) is 0 Å². The fraction of sp³-hybridized carbons (Fsp3) is 0.714. The molecule has 0 radical (unpaired) electrons. The van der Waals surface area contributed by atoms with E-state index in [1.807, 2.05) is 0 Å². The summed E-state index contributed by atoms with van der Waals surface area (Å²) in [6, 6.07) is -0.299. The molecule has 0 atom stereocenters. The highest BCUT2D eigenvalue weighted by Crippen LogP contribution is 2.19. The van der Waals surface area contributed by atoms with E-state index in [0.717, 1.165) is 0 Å². The molecular formula is C7H11BrN2O2. The lowest BCUT2D eigenvalue weighted by Crippen LogP contribution is -2.43. The van der Waals surface area contributed by atoms with E-state index >= 15 is 0 Å². The molecule has 0 unspecified atom stereocenters. The summed E-state index contributed by atoms with van der Waals surface area (Å²) in [5.41, 5.74) is 0. The largest absolute Gasteiger partial charge is 0.336 e. The Labute approximate surface area is 79.4 Å². The number of amides is 3. The highest BCUT2D eigenvalue weighted by Gasteiger charge is 2.35. The Morgan fingerprint density at radius 1 is 1.67 bits per heavy atom. The average molecular weight is 235 g/mol. The highest BCUT2D eigenvalue weighted by molar-refractivity contribution is 9.10. The quantitative estimate of drug-likeness (QED) is 0.680. The molecule has 0 bridgehead atoms. The number of carbonyl (C=O) groups excluding carboxylic acids is 2. The summed E-state index contributed by atoms with van der Waals surface area (Å²) in [5.74, 6) is -0.197. The van der Waals surface area contributed by atoms with E-state index in [0.29, 0.717) is 13.1 Å². The molecule has 68 valence electrons. The van der Waals surface area contributed by atoms with Crippen molar-refractivity contribution in [3.8, 4) is 0 Å². The minimum Gasteiger partial charge on any atom is -0.336 e. The van der Waals surface area contributed by atoms with Crippen molar-refractivity contribution >= 4 is 27.9 Å². The van der Waals surface area contributed by atoms with Crippen LogP contribution in [0.2, 0.25) is 0 Å². The molecule has 1 saturated heterocycles. The predicted molar refractivity (Wildman–Crippen MR) is 48.1 cm³/mol. The average Bonchev–Trinajstić information content (AvgIpc) is 2.31. The summed E-state index contributed by atoms with van der Waals surface area (Å²) in [6.07, 6.45) is 0. The van der Waals surface area contributed by atoms with Crippen LogP contribution in [-0.4, -0.2) is 34.3 Å². The molecule has 12 heavy (non-hydrogen) atoms. The highest BCUT2D eigenvalue weighted by atomic mass is 79.9. The van der Waals surface area contributed by atoms with Crippen molar-refractivity contribution in [2.75, 3.05) is 13.1 Å². The molecule has 0 aromatic heterocycles. The van der Waals surface area contributed by atoms with Crippen molar-refractivity contribution in [1.29, 1.82) is 0 Å². The van der Waals surface area contributed by atoms with Crippen molar-refractivity contribution in [3.05, 3.63) is 0 Å². The number of alkyl halides is 1. The molecule has 1 N–H and O–H groups in total. The van der Waals surface area contributed by atoms with Gasteiger partial charge in [-0.2, -0.15) is 0 Å². The summed E-state index contributed by atoms with van der Waals surface area (Å²) < 4.78 is -0.658. The third-order valence-corrected chi connectivity index (χ3v) is 1.95. The first-order chi connectivity index (χ1) is 5.43. The van der Waals surface area contributed by atoms with Gasteiger partial charge >= 0.3 is 6.03 Å². The normalized spacial score (nSPS) is 17.9. The van der Waals surface area contributed by atoms with Gasteiger partial charge in [-0.25, -0.2) is 4.79 Å². The molecule has 1 aliphatic rings. The van der Waals surface area contributed by atoms with Crippen LogP contribution < -0.4 is 5.32 Å². The molecule has 4 nitrogen and oxygen atoms in total. The molecule has 0 aromatic carbocycles. The van der Waals surface area contributed by atoms with E-state index < -0.39 is 4.32 Å². The van der Waals surface area contributed by atoms with Crippen molar-refractivity contribution in [2.24, 2.45) is 0 Å². The fourth-order valence-electron chi connectivity index (χ4n) is 0.986. The van der Waals surface area contributed by atoms with Crippen LogP contribution in [0.4, 0.5) is 4.79 Å². The molecule has 0 aliphatic carbocycles. The first-order valence-electron chi connectivity index (χ1n) is 3.71. The van der Waals surface area contributed by atoms with Crippen molar-refractivity contribution in [1.82, 2.24) is 10.2 Å². The lowest BCUT2D eigenvalue weighted by molar-refractivity contribution is -0.129. The second-order valence-electron chi connectivity index (χ2n) is 3.16. The van der Waals surface area contributed by atoms with Gasteiger partial charge in [0.05, 0.1) is 4.32 Å². The monoisotopic (exact) mass is 234 g/mol. The van der Waals surface area contributed by atoms with Gasteiger partial charge in [0.15, 0.2) is 0 Å². The number of carbonyl (C=O) groups is 2. The number of nitrogens with zero attached hydrogens (tertiary/aromatic N) is 1. The Bertz CT molecular complexity index is 222. The maximum Gasteiger partial charge on any atom is 0.324 e. The van der Waals surface area contributed by atoms with Crippen molar-refractivity contribution in [2.45, 2.75) is 18.2 Å². The zero-order chi connectivity index (χ0) is 9.35. The standard InChI is InChI=1S/C7H11BrN2O2/c1-7(2,8)5(11)10-4-3-9-6(10)12/h3-4H2,1-2H3,(H,9,12). The number of hydrogen-bond donors (Lipinski definition) is 1. The number of imide groups is 1. The van der Waals surface area contributed by atoms with Gasteiger partial charge in [-0.05, 0) is 13.8 Å². The zero-order valence-electron chi connectivity index (χ0n) is 7.06. The van der Waals surface area contributed by atoms with Gasteiger partial charge in [-0.3, -0.25) is 9.69 Å². The maximum atomic E-state index is 11.5. The smallest absolute Gasteiger partial charge is 0.324 e. The van der Waals surface area contributed by atoms with Gasteiger partial charge in [0.1, 0.15) is 0 Å². The maximum absolute atomic E-state index is 11.5. The van der Waals surface area contributed by atoms with Gasteiger partial charge < -0.3 is 5.32 Å². The van der Waals surface area contributed by atoms with Gasteiger partial charge in [0.25, 0.3) is 0 Å². The number of nitrogens with one attached hydrogen (secondary N) is 1. The number of rotatable bonds is 1. The summed E-state index contributed by atoms with van der Waals surface area (Å²) in [6.45, 7) is 4.46. The topological polar surface area (TPSA) is 49.4 Å². The Hall–Kier alpha value is -0.580. The molecule has 1 aliphatic heterocycles. The Kier molecular flexibility index (Phi) is 2.41. The van der Waals surface area contributed by atoms with Crippen LogP contribution >= 0.6 is 15.9 Å². The third-order valence-electron chi connectivity index (χ3n) is 1.61. The number of urea groups is 1. The van der Waals surface area contributed by atoms with Crippen LogP contribution in [0.3, 0.4) is 0 Å². The number of halogens is 1. The first-order valence-corrected chi connectivity index (χ1v) is 4.51. The molecule has 3 amide bonds. The molecular weight excluding hydrogens is 224 g/mol. The van der Waals surface area contributed by atoms with E-state index in [2.05, 4.69) is 21.2 Å². The summed E-state index contributed by atoms with van der Waals surface area (Å²) in [4.78, 5) is 23.7. The van der Waals surface area contributed by atoms with Gasteiger partial charge in [0, 0.05) is 13.1 Å². The van der Waals surface area contributed by atoms with E-state index in [1.54, 1.807) is 13.8 Å². The third kappa shape index (κ3) is 1.77. The van der Waals surface area contributed by atoms with Crippen LogP contribution in [0.25, 0.3) is 0 Å². The van der Waals surface area contributed by atoms with Crippen LogP contribution in [0.15, 0.2) is 0 Å². The van der Waals surface area contributed by atoms with E-state index in [1.165, 1.54) is 4.90 Å². The lowest BCUT2D eigenvalue weighted by Gasteiger charge is -2.21. The molecule has 5 heteroatoms. The Morgan fingerprint density at radius 2 is 2.25 bits per heavy atom. The van der Waals surface area contributed by atoms with Crippen molar-refractivity contribution in [3.63, 3.8) is 0 Å². The molecule has 1 rings (SSSR count). The van der Waals surface area contributed by atoms with E-state index in [4.69, 9.17) is 0 Å². The van der Waals surface area contributed by atoms with E-state index in [-0.39, 0.29) is 11.9 Å².